The fourth-order valence-electron chi connectivity index (χ4n) is 4.54. The summed E-state index contributed by atoms with van der Waals surface area (Å²) in [6.45, 7) is 6.68. The Morgan fingerprint density at radius 2 is 1.60 bits per heavy atom. The number of carboxylic acids is 1. The molecule has 7 heteroatoms. The summed E-state index contributed by atoms with van der Waals surface area (Å²) in [5.74, 6) is -1.04. The maximum absolute atomic E-state index is 12.4. The molecule has 0 saturated carbocycles. The number of rotatable bonds is 12. The summed E-state index contributed by atoms with van der Waals surface area (Å²) in [6.07, 6.45) is 1.70. The minimum absolute atomic E-state index is 0.0242. The fourth-order valence-corrected chi connectivity index (χ4v) is 4.54. The number of amides is 2. The number of nitrogens with one attached hydrogen (secondary N) is 2. The quantitative estimate of drug-likeness (QED) is 0.392. The molecule has 0 heterocycles. The Morgan fingerprint density at radius 3 is 2.17 bits per heavy atom. The van der Waals surface area contributed by atoms with Crippen LogP contribution in [0.4, 0.5) is 4.79 Å². The molecule has 2 aromatic carbocycles. The van der Waals surface area contributed by atoms with Crippen molar-refractivity contribution in [1.29, 1.82) is 0 Å². The van der Waals surface area contributed by atoms with Gasteiger partial charge in [0, 0.05) is 24.9 Å². The van der Waals surface area contributed by atoms with Crippen molar-refractivity contribution >= 4 is 18.0 Å². The third-order valence-electron chi connectivity index (χ3n) is 6.72. The summed E-state index contributed by atoms with van der Waals surface area (Å²) in [6, 6.07) is 16.1. The lowest BCUT2D eigenvalue weighted by Gasteiger charge is -2.25. The Morgan fingerprint density at radius 1 is 1.00 bits per heavy atom. The van der Waals surface area contributed by atoms with Gasteiger partial charge in [-0.3, -0.25) is 9.59 Å². The summed E-state index contributed by atoms with van der Waals surface area (Å²) in [5.41, 5.74) is 4.57. The van der Waals surface area contributed by atoms with Crippen LogP contribution in [0.1, 0.15) is 69.9 Å². The summed E-state index contributed by atoms with van der Waals surface area (Å²) in [5, 5.41) is 14.5. The van der Waals surface area contributed by atoms with Crippen molar-refractivity contribution < 1.29 is 24.2 Å². The van der Waals surface area contributed by atoms with E-state index in [4.69, 9.17) is 9.84 Å². The Balaban J connectivity index is 1.41. The van der Waals surface area contributed by atoms with Crippen LogP contribution in [0.2, 0.25) is 0 Å². The van der Waals surface area contributed by atoms with E-state index in [1.807, 2.05) is 45.0 Å². The van der Waals surface area contributed by atoms with Crippen LogP contribution in [0.25, 0.3) is 11.1 Å². The molecule has 1 atom stereocenters. The highest BCUT2D eigenvalue weighted by Gasteiger charge is 2.29. The van der Waals surface area contributed by atoms with E-state index in [2.05, 4.69) is 34.9 Å². The zero-order chi connectivity index (χ0) is 25.4. The number of hydrogen-bond acceptors (Lipinski definition) is 4. The molecule has 3 N–H and O–H groups in total. The van der Waals surface area contributed by atoms with Gasteiger partial charge in [-0.15, -0.1) is 0 Å². The molecule has 0 radical (unpaired) electrons. The monoisotopic (exact) mass is 480 g/mol. The van der Waals surface area contributed by atoms with Crippen LogP contribution < -0.4 is 10.6 Å². The molecule has 1 aliphatic rings. The lowest BCUT2D eigenvalue weighted by molar-refractivity contribution is -0.137. The first-order valence-electron chi connectivity index (χ1n) is 12.3. The van der Waals surface area contributed by atoms with Gasteiger partial charge in [-0.25, -0.2) is 4.79 Å². The van der Waals surface area contributed by atoms with Gasteiger partial charge in [0.15, 0.2) is 0 Å². The van der Waals surface area contributed by atoms with E-state index in [1.165, 1.54) is 22.3 Å². The van der Waals surface area contributed by atoms with Crippen molar-refractivity contribution in [2.24, 2.45) is 5.41 Å². The van der Waals surface area contributed by atoms with Crippen LogP contribution in [-0.4, -0.2) is 42.3 Å². The number of carboxylic acid groups (broad SMARTS) is 1. The Hall–Kier alpha value is -3.35. The number of hydrogen-bond donors (Lipinski definition) is 3. The normalized spacial score (nSPS) is 13.5. The fraction of sp³-hybridized carbons (Fsp3) is 0.464. The summed E-state index contributed by atoms with van der Waals surface area (Å²) < 4.78 is 5.58. The van der Waals surface area contributed by atoms with Gasteiger partial charge in [0.2, 0.25) is 5.91 Å². The molecule has 7 nitrogen and oxygen atoms in total. The van der Waals surface area contributed by atoms with E-state index in [-0.39, 0.29) is 36.3 Å². The van der Waals surface area contributed by atoms with Crippen molar-refractivity contribution in [1.82, 2.24) is 10.6 Å². The minimum atomic E-state index is -0.920. The molecule has 0 bridgehead atoms. The summed E-state index contributed by atoms with van der Waals surface area (Å²) in [4.78, 5) is 35.5. The van der Waals surface area contributed by atoms with Gasteiger partial charge >= 0.3 is 12.1 Å². The van der Waals surface area contributed by atoms with Crippen molar-refractivity contribution in [3.63, 3.8) is 0 Å². The van der Waals surface area contributed by atoms with E-state index in [0.29, 0.717) is 32.2 Å². The van der Waals surface area contributed by atoms with Crippen molar-refractivity contribution in [3.05, 3.63) is 59.7 Å². The summed E-state index contributed by atoms with van der Waals surface area (Å²) >= 11 is 0. The van der Waals surface area contributed by atoms with Crippen molar-refractivity contribution in [3.8, 4) is 11.1 Å². The van der Waals surface area contributed by atoms with Gasteiger partial charge in [0.25, 0.3) is 0 Å². The van der Waals surface area contributed by atoms with Crippen LogP contribution in [0, 0.1) is 5.41 Å². The van der Waals surface area contributed by atoms with Gasteiger partial charge in [-0.05, 0) is 46.9 Å². The van der Waals surface area contributed by atoms with Crippen molar-refractivity contribution in [2.75, 3.05) is 13.2 Å². The van der Waals surface area contributed by atoms with Crippen LogP contribution in [0.15, 0.2) is 48.5 Å². The van der Waals surface area contributed by atoms with E-state index in [0.717, 1.165) is 0 Å². The number of carbonyl (C=O) groups excluding carboxylic acids is 2. The average molecular weight is 481 g/mol. The second-order valence-corrected chi connectivity index (χ2v) is 9.94. The lowest BCUT2D eigenvalue weighted by atomic mass is 9.84. The third kappa shape index (κ3) is 7.31. The van der Waals surface area contributed by atoms with Gasteiger partial charge in [0.1, 0.15) is 6.61 Å². The second-order valence-electron chi connectivity index (χ2n) is 9.94. The predicted molar refractivity (Wildman–Crippen MR) is 135 cm³/mol. The standard InChI is InChI=1S/C28H36N2O5/c1-4-19(17-26(32)33)30-25(31)13-14-28(2,3)15-16-29-27(34)35-18-24-22-11-7-5-9-20(22)21-10-6-8-12-23(21)24/h5-12,19,24H,4,13-18H2,1-3H3,(H,29,34)(H,30,31)(H,32,33). The highest BCUT2D eigenvalue weighted by Crippen LogP contribution is 2.44. The molecular formula is C28H36N2O5. The number of benzene rings is 2. The predicted octanol–water partition coefficient (Wildman–Crippen LogP) is 5.09. The molecule has 0 spiro atoms. The largest absolute Gasteiger partial charge is 0.481 e. The topological polar surface area (TPSA) is 105 Å². The van der Waals surface area contributed by atoms with Gasteiger partial charge in [-0.2, -0.15) is 0 Å². The molecule has 2 amide bonds. The van der Waals surface area contributed by atoms with E-state index >= 15 is 0 Å². The van der Waals surface area contributed by atoms with Gasteiger partial charge in [-0.1, -0.05) is 69.3 Å². The first-order chi connectivity index (χ1) is 16.7. The van der Waals surface area contributed by atoms with Crippen LogP contribution in [0.5, 0.6) is 0 Å². The molecule has 35 heavy (non-hydrogen) atoms. The second kappa shape index (κ2) is 11.9. The molecule has 3 rings (SSSR count). The van der Waals surface area contributed by atoms with Crippen LogP contribution in [-0.2, 0) is 14.3 Å². The Kier molecular flexibility index (Phi) is 8.90. The number of aliphatic carboxylic acids is 1. The van der Waals surface area contributed by atoms with E-state index < -0.39 is 12.1 Å². The Bertz CT molecular complexity index is 1000. The first kappa shape index (κ1) is 26.3. The highest BCUT2D eigenvalue weighted by molar-refractivity contribution is 5.79. The number of alkyl carbamates (subject to hydrolysis) is 1. The highest BCUT2D eigenvalue weighted by atomic mass is 16.5. The van der Waals surface area contributed by atoms with Crippen LogP contribution in [0.3, 0.4) is 0 Å². The molecule has 0 aliphatic heterocycles. The number of fused-ring (bicyclic) bond motifs is 3. The van der Waals surface area contributed by atoms with Crippen LogP contribution >= 0.6 is 0 Å². The van der Waals surface area contributed by atoms with Crippen molar-refractivity contribution in [2.45, 2.75) is 64.8 Å². The Labute approximate surface area is 207 Å². The SMILES string of the molecule is CCC(CC(=O)O)NC(=O)CCC(C)(C)CCNC(=O)OCC1c2ccccc2-c2ccccc21. The zero-order valence-electron chi connectivity index (χ0n) is 20.8. The molecule has 2 aromatic rings. The molecule has 188 valence electrons. The maximum Gasteiger partial charge on any atom is 0.407 e. The average Bonchev–Trinajstić information content (AvgIpc) is 3.14. The summed E-state index contributed by atoms with van der Waals surface area (Å²) in [7, 11) is 0. The maximum atomic E-state index is 12.4. The number of ether oxygens (including phenoxy) is 1. The first-order valence-corrected chi connectivity index (χ1v) is 12.3. The van der Waals surface area contributed by atoms with Gasteiger partial charge < -0.3 is 20.5 Å². The van der Waals surface area contributed by atoms with E-state index in [1.54, 1.807) is 0 Å². The van der Waals surface area contributed by atoms with E-state index in [9.17, 15) is 14.4 Å². The molecular weight excluding hydrogens is 444 g/mol. The number of carbonyl (C=O) groups is 3. The molecule has 1 aliphatic carbocycles. The zero-order valence-corrected chi connectivity index (χ0v) is 20.8. The molecule has 1 unspecified atom stereocenters. The van der Waals surface area contributed by atoms with Gasteiger partial charge in [0.05, 0.1) is 6.42 Å². The minimum Gasteiger partial charge on any atom is -0.481 e. The molecule has 0 fully saturated rings. The molecule has 0 saturated heterocycles. The molecule has 0 aromatic heterocycles. The third-order valence-corrected chi connectivity index (χ3v) is 6.72. The lowest BCUT2D eigenvalue weighted by Crippen LogP contribution is -2.36. The smallest absolute Gasteiger partial charge is 0.407 e.